The number of alkyl halides is 1. The largest absolute Gasteiger partial charge is 0.307 e. The van der Waals surface area contributed by atoms with Gasteiger partial charge in [0.05, 0.1) is 6.54 Å². The van der Waals surface area contributed by atoms with Crippen LogP contribution in [0.15, 0.2) is 6.33 Å². The number of hydrogen-bond acceptors (Lipinski definition) is 3. The second-order valence-electron chi connectivity index (χ2n) is 3.06. The fourth-order valence-electron chi connectivity index (χ4n) is 1.01. The maximum Gasteiger partial charge on any atom is 0.140 e. The molecule has 0 aliphatic heterocycles. The maximum atomic E-state index is 5.62. The normalized spacial score (nSPS) is 13.2. The molecule has 0 spiro atoms. The summed E-state index contributed by atoms with van der Waals surface area (Å²) in [6, 6.07) is 0.425. The first-order valence-corrected chi connectivity index (χ1v) is 4.89. The first-order chi connectivity index (χ1) is 6.24. The Kier molecular flexibility index (Phi) is 4.18. The highest BCUT2D eigenvalue weighted by Crippen LogP contribution is 1.96. The van der Waals surface area contributed by atoms with Gasteiger partial charge in [-0.2, -0.15) is 5.10 Å². The van der Waals surface area contributed by atoms with Gasteiger partial charge in [-0.25, -0.2) is 4.98 Å². The molecule has 0 aromatic carbocycles. The summed E-state index contributed by atoms with van der Waals surface area (Å²) in [7, 11) is 1.89. The molecule has 1 atom stereocenters. The van der Waals surface area contributed by atoms with Gasteiger partial charge in [0.2, 0.25) is 0 Å². The van der Waals surface area contributed by atoms with Crippen LogP contribution in [0, 0.1) is 0 Å². The van der Waals surface area contributed by atoms with E-state index in [2.05, 4.69) is 22.3 Å². The lowest BCUT2D eigenvalue weighted by molar-refractivity contribution is 0.512. The number of aromatic nitrogens is 3. The fourth-order valence-corrected chi connectivity index (χ4v) is 1.34. The molecule has 0 saturated heterocycles. The highest BCUT2D eigenvalue weighted by atomic mass is 35.5. The Hall–Kier alpha value is -0.610. The van der Waals surface area contributed by atoms with Gasteiger partial charge in [0.15, 0.2) is 0 Å². The zero-order valence-electron chi connectivity index (χ0n) is 8.00. The Labute approximate surface area is 83.3 Å². The molecule has 74 valence electrons. The van der Waals surface area contributed by atoms with Crippen LogP contribution in [0.4, 0.5) is 0 Å². The standard InChI is InChI=1S/C8H15ClN4/c1-7(3-4-9)10-5-8-11-6-12-13(8)2/h6-7,10H,3-5H2,1-2H3. The lowest BCUT2D eigenvalue weighted by atomic mass is 10.2. The van der Waals surface area contributed by atoms with Gasteiger partial charge in [-0.1, -0.05) is 0 Å². The first-order valence-electron chi connectivity index (χ1n) is 4.36. The van der Waals surface area contributed by atoms with Gasteiger partial charge in [0.1, 0.15) is 12.2 Å². The molecule has 0 aliphatic carbocycles. The summed E-state index contributed by atoms with van der Waals surface area (Å²) >= 11 is 5.62. The Morgan fingerprint density at radius 1 is 1.69 bits per heavy atom. The Bertz CT molecular complexity index is 248. The van der Waals surface area contributed by atoms with Crippen molar-refractivity contribution in [1.82, 2.24) is 20.1 Å². The average molecular weight is 203 g/mol. The quantitative estimate of drug-likeness (QED) is 0.723. The molecule has 1 rings (SSSR count). The third-order valence-corrected chi connectivity index (χ3v) is 2.17. The molecule has 5 heteroatoms. The van der Waals surface area contributed by atoms with Gasteiger partial charge < -0.3 is 5.32 Å². The van der Waals surface area contributed by atoms with Crippen LogP contribution >= 0.6 is 11.6 Å². The number of nitrogens with one attached hydrogen (secondary N) is 1. The van der Waals surface area contributed by atoms with Crippen LogP contribution in [-0.2, 0) is 13.6 Å². The third-order valence-electron chi connectivity index (χ3n) is 1.96. The number of nitrogens with zero attached hydrogens (tertiary/aromatic N) is 3. The Morgan fingerprint density at radius 3 is 3.00 bits per heavy atom. The van der Waals surface area contributed by atoms with Gasteiger partial charge in [-0.05, 0) is 13.3 Å². The topological polar surface area (TPSA) is 42.7 Å². The van der Waals surface area contributed by atoms with Crippen LogP contribution in [0.5, 0.6) is 0 Å². The fraction of sp³-hybridized carbons (Fsp3) is 0.750. The lowest BCUT2D eigenvalue weighted by Gasteiger charge is -2.10. The van der Waals surface area contributed by atoms with Crippen LogP contribution in [0.25, 0.3) is 0 Å². The smallest absolute Gasteiger partial charge is 0.140 e. The van der Waals surface area contributed by atoms with E-state index in [9.17, 15) is 0 Å². The zero-order valence-corrected chi connectivity index (χ0v) is 8.75. The van der Waals surface area contributed by atoms with E-state index in [1.54, 1.807) is 11.0 Å². The molecule has 0 saturated carbocycles. The average Bonchev–Trinajstić information content (AvgIpc) is 2.48. The molecule has 0 aliphatic rings. The number of halogens is 1. The van der Waals surface area contributed by atoms with Crippen LogP contribution in [0.2, 0.25) is 0 Å². The molecular formula is C8H15ClN4. The molecule has 1 N–H and O–H groups in total. The molecule has 0 amide bonds. The van der Waals surface area contributed by atoms with E-state index in [4.69, 9.17) is 11.6 Å². The SMILES string of the molecule is CC(CCCl)NCc1ncnn1C. The van der Waals surface area contributed by atoms with Crippen molar-refractivity contribution in [3.8, 4) is 0 Å². The molecule has 1 aromatic rings. The number of hydrogen-bond donors (Lipinski definition) is 1. The van der Waals surface area contributed by atoms with Crippen LogP contribution in [-0.4, -0.2) is 26.7 Å². The van der Waals surface area contributed by atoms with Gasteiger partial charge >= 0.3 is 0 Å². The molecule has 13 heavy (non-hydrogen) atoms. The van der Waals surface area contributed by atoms with Crippen molar-refractivity contribution in [3.63, 3.8) is 0 Å². The molecule has 0 bridgehead atoms. The van der Waals surface area contributed by atoms with E-state index in [1.165, 1.54) is 0 Å². The summed E-state index contributed by atoms with van der Waals surface area (Å²) in [4.78, 5) is 4.10. The molecule has 1 aromatic heterocycles. The van der Waals surface area contributed by atoms with Gasteiger partial charge in [-0.3, -0.25) is 4.68 Å². The molecule has 0 radical (unpaired) electrons. The number of rotatable bonds is 5. The second kappa shape index (κ2) is 5.19. The molecule has 1 heterocycles. The molecule has 1 unspecified atom stereocenters. The summed E-state index contributed by atoms with van der Waals surface area (Å²) in [5, 5.41) is 7.30. The van der Waals surface area contributed by atoms with Crippen LogP contribution < -0.4 is 5.32 Å². The second-order valence-corrected chi connectivity index (χ2v) is 3.44. The van der Waals surface area contributed by atoms with E-state index < -0.39 is 0 Å². The molecular weight excluding hydrogens is 188 g/mol. The zero-order chi connectivity index (χ0) is 9.68. The minimum atomic E-state index is 0.425. The Morgan fingerprint density at radius 2 is 2.46 bits per heavy atom. The third kappa shape index (κ3) is 3.32. The highest BCUT2D eigenvalue weighted by molar-refractivity contribution is 6.17. The highest BCUT2D eigenvalue weighted by Gasteiger charge is 2.03. The lowest BCUT2D eigenvalue weighted by Crippen LogP contribution is -2.27. The summed E-state index contributed by atoms with van der Waals surface area (Å²) in [6.07, 6.45) is 2.53. The molecule has 0 fully saturated rings. The minimum absolute atomic E-state index is 0.425. The van der Waals surface area contributed by atoms with Gasteiger partial charge in [0.25, 0.3) is 0 Å². The van der Waals surface area contributed by atoms with E-state index in [0.29, 0.717) is 11.9 Å². The summed E-state index contributed by atoms with van der Waals surface area (Å²) < 4.78 is 1.76. The van der Waals surface area contributed by atoms with E-state index >= 15 is 0 Å². The summed E-state index contributed by atoms with van der Waals surface area (Å²) in [5.41, 5.74) is 0. The summed E-state index contributed by atoms with van der Waals surface area (Å²) in [5.74, 6) is 1.63. The van der Waals surface area contributed by atoms with E-state index in [0.717, 1.165) is 18.8 Å². The molecule has 4 nitrogen and oxygen atoms in total. The first kappa shape index (κ1) is 10.5. The van der Waals surface area contributed by atoms with Crippen LogP contribution in [0.1, 0.15) is 19.2 Å². The van der Waals surface area contributed by atoms with Crippen molar-refractivity contribution >= 4 is 11.6 Å². The van der Waals surface area contributed by atoms with Crippen LogP contribution in [0.3, 0.4) is 0 Å². The van der Waals surface area contributed by atoms with Crippen molar-refractivity contribution in [2.75, 3.05) is 5.88 Å². The monoisotopic (exact) mass is 202 g/mol. The van der Waals surface area contributed by atoms with Crippen molar-refractivity contribution in [2.24, 2.45) is 7.05 Å². The number of aryl methyl sites for hydroxylation is 1. The van der Waals surface area contributed by atoms with Crippen molar-refractivity contribution < 1.29 is 0 Å². The predicted molar refractivity (Wildman–Crippen MR) is 52.6 cm³/mol. The summed E-state index contributed by atoms with van der Waals surface area (Å²) in [6.45, 7) is 2.85. The van der Waals surface area contributed by atoms with Gasteiger partial charge in [-0.15, -0.1) is 11.6 Å². The van der Waals surface area contributed by atoms with E-state index in [-0.39, 0.29) is 0 Å². The maximum absolute atomic E-state index is 5.62. The minimum Gasteiger partial charge on any atom is -0.307 e. The van der Waals surface area contributed by atoms with E-state index in [1.807, 2.05) is 7.05 Å². The Balaban J connectivity index is 2.30. The van der Waals surface area contributed by atoms with Gasteiger partial charge in [0, 0.05) is 19.0 Å². The van der Waals surface area contributed by atoms with Crippen molar-refractivity contribution in [3.05, 3.63) is 12.2 Å². The predicted octanol–water partition coefficient (Wildman–Crippen LogP) is 0.922. The van der Waals surface area contributed by atoms with Crippen molar-refractivity contribution in [2.45, 2.75) is 25.9 Å². The van der Waals surface area contributed by atoms with Crippen molar-refractivity contribution in [1.29, 1.82) is 0 Å².